The molecule has 2 unspecified atom stereocenters. The smallest absolute Gasteiger partial charge is 0.326 e. The van der Waals surface area contributed by atoms with Crippen LogP contribution in [0, 0.1) is 5.82 Å². The lowest BCUT2D eigenvalue weighted by Gasteiger charge is -2.22. The van der Waals surface area contributed by atoms with Gasteiger partial charge in [0.15, 0.2) is 0 Å². The Hall–Kier alpha value is -1.85. The fourth-order valence-electron chi connectivity index (χ4n) is 2.35. The minimum absolute atomic E-state index is 0.247. The van der Waals surface area contributed by atoms with Crippen LogP contribution in [0.5, 0.6) is 0 Å². The number of aliphatic carboxylic acids is 1. The number of benzene rings is 1. The van der Waals surface area contributed by atoms with E-state index in [2.05, 4.69) is 5.32 Å². The first kappa shape index (κ1) is 20.5. The number of nitrogens with zero attached hydrogens (tertiary/aromatic N) is 1. The van der Waals surface area contributed by atoms with Gasteiger partial charge < -0.3 is 15.3 Å². The van der Waals surface area contributed by atoms with Gasteiger partial charge in [0, 0.05) is 6.42 Å². The Morgan fingerprint density at radius 2 is 2.00 bits per heavy atom. The Morgan fingerprint density at radius 3 is 2.58 bits per heavy atom. The number of rotatable bonds is 5. The molecule has 2 amide bonds. The van der Waals surface area contributed by atoms with Crippen molar-refractivity contribution >= 4 is 56.6 Å². The Balaban J connectivity index is 2.26. The highest BCUT2D eigenvalue weighted by atomic mass is 35.5. The minimum Gasteiger partial charge on any atom is -0.480 e. The number of alkyl halides is 2. The largest absolute Gasteiger partial charge is 0.480 e. The van der Waals surface area contributed by atoms with E-state index in [-0.39, 0.29) is 17.1 Å². The van der Waals surface area contributed by atoms with Gasteiger partial charge in [-0.1, -0.05) is 11.6 Å². The normalized spacial score (nSPS) is 20.1. The number of hydrogen-bond acceptors (Lipinski definition) is 4. The van der Waals surface area contributed by atoms with Crippen molar-refractivity contribution in [2.24, 2.45) is 0 Å². The van der Waals surface area contributed by atoms with Crippen molar-refractivity contribution in [3.05, 3.63) is 23.0 Å². The van der Waals surface area contributed by atoms with E-state index in [0.29, 0.717) is 4.90 Å². The van der Waals surface area contributed by atoms with E-state index in [1.165, 1.54) is 0 Å². The highest BCUT2D eigenvalue weighted by Crippen LogP contribution is 2.30. The number of carbonyl (C=O) groups is 2. The molecule has 0 aromatic heterocycles. The Bertz CT molecular complexity index is 839. The first-order chi connectivity index (χ1) is 12.0. The molecule has 3 N–H and O–H groups in total. The first-order valence-corrected chi connectivity index (χ1v) is 9.60. The molecule has 1 fully saturated rings. The zero-order valence-corrected chi connectivity index (χ0v) is 15.2. The maximum Gasteiger partial charge on any atom is 0.326 e. The summed E-state index contributed by atoms with van der Waals surface area (Å²) in [6.45, 7) is -0.469. The van der Waals surface area contributed by atoms with Crippen LogP contribution in [-0.2, 0) is 14.8 Å². The molecule has 1 aliphatic heterocycles. The predicted molar refractivity (Wildman–Crippen MR) is 91.3 cm³/mol. The van der Waals surface area contributed by atoms with Gasteiger partial charge in [-0.05, 0) is 12.1 Å². The van der Waals surface area contributed by atoms with E-state index in [9.17, 15) is 26.8 Å². The Morgan fingerprint density at radius 1 is 1.35 bits per heavy atom. The van der Waals surface area contributed by atoms with Crippen molar-refractivity contribution in [2.75, 3.05) is 21.8 Å². The summed E-state index contributed by atoms with van der Waals surface area (Å²) >= 11 is 11.0. The second-order valence-corrected chi connectivity index (χ2v) is 8.12. The molecule has 1 heterocycles. The number of hydrogen-bond donors (Lipinski definition) is 3. The summed E-state index contributed by atoms with van der Waals surface area (Å²) in [4.78, 5) is 24.0. The third kappa shape index (κ3) is 4.65. The lowest BCUT2D eigenvalue weighted by molar-refractivity contribution is -0.141. The van der Waals surface area contributed by atoms with E-state index in [1.807, 2.05) is 4.72 Å². The molecule has 0 bridgehead atoms. The average molecular weight is 432 g/mol. The van der Waals surface area contributed by atoms with Crippen LogP contribution in [0.1, 0.15) is 6.42 Å². The molecule has 1 aromatic carbocycles. The summed E-state index contributed by atoms with van der Waals surface area (Å²) in [6.07, 6.45) is -1.91. The minimum atomic E-state index is -3.94. The van der Waals surface area contributed by atoms with Crippen LogP contribution in [0.3, 0.4) is 0 Å². The number of anilines is 2. The van der Waals surface area contributed by atoms with Crippen molar-refractivity contribution in [3.63, 3.8) is 0 Å². The zero-order valence-electron chi connectivity index (χ0n) is 12.9. The fraction of sp³-hybridized carbons (Fsp3) is 0.385. The molecule has 2 atom stereocenters. The Kier molecular flexibility index (Phi) is 6.14. The molecule has 26 heavy (non-hydrogen) atoms. The van der Waals surface area contributed by atoms with Crippen LogP contribution in [0.15, 0.2) is 12.1 Å². The summed E-state index contributed by atoms with van der Waals surface area (Å²) in [6, 6.07) is -0.794. The number of carbonyl (C=O) groups excluding carboxylic acids is 1. The van der Waals surface area contributed by atoms with E-state index in [4.69, 9.17) is 28.3 Å². The molecule has 0 saturated carbocycles. The van der Waals surface area contributed by atoms with E-state index in [0.717, 1.165) is 12.1 Å². The van der Waals surface area contributed by atoms with E-state index < -0.39 is 57.5 Å². The van der Waals surface area contributed by atoms with Gasteiger partial charge in [-0.15, -0.1) is 11.6 Å². The molecule has 144 valence electrons. The van der Waals surface area contributed by atoms with Crippen LogP contribution in [0.2, 0.25) is 5.02 Å². The van der Waals surface area contributed by atoms with Gasteiger partial charge in [0.05, 0.1) is 22.9 Å². The summed E-state index contributed by atoms with van der Waals surface area (Å²) < 4.78 is 52.5. The van der Waals surface area contributed by atoms with Crippen LogP contribution < -0.4 is 10.0 Å². The number of likely N-dealkylation sites (tertiary alicyclic amines) is 1. The highest BCUT2D eigenvalue weighted by molar-refractivity contribution is 7.93. The van der Waals surface area contributed by atoms with Gasteiger partial charge in [-0.25, -0.2) is 26.8 Å². The summed E-state index contributed by atoms with van der Waals surface area (Å²) in [7, 11) is -3.94. The second kappa shape index (κ2) is 7.80. The van der Waals surface area contributed by atoms with Gasteiger partial charge >= 0.3 is 12.0 Å². The number of urea groups is 1. The van der Waals surface area contributed by atoms with Crippen molar-refractivity contribution < 1.29 is 31.9 Å². The maximum absolute atomic E-state index is 14.0. The molecule has 0 radical (unpaired) electrons. The molecular weight excluding hydrogens is 419 g/mol. The summed E-state index contributed by atoms with van der Waals surface area (Å²) in [5, 5.41) is 10.0. The quantitative estimate of drug-likeness (QED) is 0.619. The molecule has 13 heteroatoms. The number of carboxylic acids is 1. The number of amides is 2. The SMILES string of the molecule is O=C(O)C1CC(F)CN1C(=O)Nc1cc(NS(=O)(=O)CCl)c(Cl)cc1F. The third-order valence-electron chi connectivity index (χ3n) is 3.50. The van der Waals surface area contributed by atoms with E-state index in [1.54, 1.807) is 0 Å². The van der Waals surface area contributed by atoms with Crippen LogP contribution >= 0.6 is 23.2 Å². The molecule has 0 aliphatic carbocycles. The standard InChI is InChI=1S/C13H13Cl2F2N3O5S/c14-5-26(24,25)19-9-3-10(8(17)2-7(9)15)18-13(23)20-4-6(16)1-11(20)12(21)22/h2-3,6,11,19H,1,4-5H2,(H,18,23)(H,21,22). The summed E-state index contributed by atoms with van der Waals surface area (Å²) in [5.74, 6) is -2.40. The molecule has 8 nitrogen and oxygen atoms in total. The fourth-order valence-corrected chi connectivity index (χ4v) is 3.32. The summed E-state index contributed by atoms with van der Waals surface area (Å²) in [5.41, 5.74) is -0.721. The Labute approximate surface area is 157 Å². The first-order valence-electron chi connectivity index (χ1n) is 7.04. The topological polar surface area (TPSA) is 116 Å². The van der Waals surface area contributed by atoms with Crippen LogP contribution in [-0.4, -0.2) is 54.4 Å². The lowest BCUT2D eigenvalue weighted by Crippen LogP contribution is -2.43. The molecular formula is C13H13Cl2F2N3O5S. The van der Waals surface area contributed by atoms with Gasteiger partial charge in [0.25, 0.3) is 0 Å². The zero-order chi connectivity index (χ0) is 19.6. The average Bonchev–Trinajstić information content (AvgIpc) is 2.94. The lowest BCUT2D eigenvalue weighted by atomic mass is 10.2. The van der Waals surface area contributed by atoms with Gasteiger partial charge in [-0.2, -0.15) is 0 Å². The van der Waals surface area contributed by atoms with Crippen LogP contribution in [0.4, 0.5) is 25.0 Å². The number of sulfonamides is 1. The van der Waals surface area contributed by atoms with E-state index >= 15 is 0 Å². The highest BCUT2D eigenvalue weighted by Gasteiger charge is 2.40. The van der Waals surface area contributed by atoms with Crippen molar-refractivity contribution in [3.8, 4) is 0 Å². The van der Waals surface area contributed by atoms with Crippen molar-refractivity contribution in [1.82, 2.24) is 4.90 Å². The number of carboxylic acid groups (broad SMARTS) is 1. The monoisotopic (exact) mass is 431 g/mol. The van der Waals surface area contributed by atoms with Crippen molar-refractivity contribution in [1.29, 1.82) is 0 Å². The molecule has 1 aliphatic rings. The maximum atomic E-state index is 14.0. The van der Waals surface area contributed by atoms with Crippen LogP contribution in [0.25, 0.3) is 0 Å². The molecule has 0 spiro atoms. The molecule has 1 saturated heterocycles. The van der Waals surface area contributed by atoms with Crippen molar-refractivity contribution in [2.45, 2.75) is 18.6 Å². The number of halogens is 4. The number of nitrogens with one attached hydrogen (secondary N) is 2. The second-order valence-electron chi connectivity index (χ2n) is 5.41. The predicted octanol–water partition coefficient (Wildman–Crippen LogP) is 2.45. The molecule has 1 aromatic rings. The van der Waals surface area contributed by atoms with Gasteiger partial charge in [-0.3, -0.25) is 4.72 Å². The third-order valence-corrected chi connectivity index (χ3v) is 5.50. The van der Waals surface area contributed by atoms with Gasteiger partial charge in [0.2, 0.25) is 10.0 Å². The molecule has 2 rings (SSSR count). The van der Waals surface area contributed by atoms with Gasteiger partial charge in [0.1, 0.15) is 23.2 Å².